The third-order valence-electron chi connectivity index (χ3n) is 3.30. The normalized spacial score (nSPS) is 17.8. The quantitative estimate of drug-likeness (QED) is 0.862. The van der Waals surface area contributed by atoms with Crippen molar-refractivity contribution in [2.45, 2.75) is 26.7 Å². The summed E-state index contributed by atoms with van der Waals surface area (Å²) in [5, 5.41) is 5.14. The molecule has 1 aliphatic rings. The summed E-state index contributed by atoms with van der Waals surface area (Å²) in [6, 6.07) is 1.93. The topological polar surface area (TPSA) is 92.4 Å². The number of nitrogens with zero attached hydrogens (tertiary/aromatic N) is 4. The van der Waals surface area contributed by atoms with E-state index in [-0.39, 0.29) is 5.92 Å². The van der Waals surface area contributed by atoms with Crippen molar-refractivity contribution >= 4 is 16.0 Å². The molecule has 0 bridgehead atoms. The average Bonchev–Trinajstić information content (AvgIpc) is 2.37. The second-order valence-corrected chi connectivity index (χ2v) is 6.86. The van der Waals surface area contributed by atoms with Gasteiger partial charge in [0.25, 0.3) is 10.2 Å². The Kier molecular flexibility index (Phi) is 4.26. The van der Waals surface area contributed by atoms with Crippen molar-refractivity contribution in [2.75, 3.05) is 31.1 Å². The number of piperazine rings is 1. The lowest BCUT2D eigenvalue weighted by Gasteiger charge is -2.33. The van der Waals surface area contributed by atoms with Gasteiger partial charge in [0.05, 0.1) is 0 Å². The summed E-state index contributed by atoms with van der Waals surface area (Å²) in [5.74, 6) is 1.93. The molecule has 7 nitrogen and oxygen atoms in total. The van der Waals surface area contributed by atoms with Gasteiger partial charge in [0.15, 0.2) is 0 Å². The Morgan fingerprint density at radius 3 is 2.30 bits per heavy atom. The lowest BCUT2D eigenvalue weighted by atomic mass is 10.2. The molecular formula is C12H21N5O2S. The molecule has 2 N–H and O–H groups in total. The minimum Gasteiger partial charge on any atom is -0.354 e. The van der Waals surface area contributed by atoms with E-state index in [0.717, 1.165) is 17.3 Å². The highest BCUT2D eigenvalue weighted by atomic mass is 32.2. The second-order valence-electron chi connectivity index (χ2n) is 5.31. The van der Waals surface area contributed by atoms with Gasteiger partial charge in [-0.1, -0.05) is 13.8 Å². The number of rotatable bonds is 3. The Morgan fingerprint density at radius 2 is 1.80 bits per heavy atom. The molecule has 0 spiro atoms. The Bertz CT molecular complexity index is 580. The van der Waals surface area contributed by atoms with Crippen molar-refractivity contribution < 1.29 is 8.42 Å². The van der Waals surface area contributed by atoms with Crippen LogP contribution in [0.5, 0.6) is 0 Å². The third kappa shape index (κ3) is 3.44. The lowest BCUT2D eigenvalue weighted by Crippen LogP contribution is -2.51. The number of aryl methyl sites for hydroxylation is 1. The van der Waals surface area contributed by atoms with Crippen LogP contribution in [0.4, 0.5) is 5.82 Å². The van der Waals surface area contributed by atoms with Crippen LogP contribution in [0.15, 0.2) is 6.07 Å². The molecular weight excluding hydrogens is 278 g/mol. The van der Waals surface area contributed by atoms with E-state index >= 15 is 0 Å². The van der Waals surface area contributed by atoms with E-state index in [9.17, 15) is 8.42 Å². The van der Waals surface area contributed by atoms with Crippen LogP contribution >= 0.6 is 0 Å². The fourth-order valence-electron chi connectivity index (χ4n) is 2.17. The molecule has 0 radical (unpaired) electrons. The first-order chi connectivity index (χ1) is 9.27. The minimum absolute atomic E-state index is 0.263. The fraction of sp³-hybridized carbons (Fsp3) is 0.667. The zero-order valence-corrected chi connectivity index (χ0v) is 12.9. The van der Waals surface area contributed by atoms with Gasteiger partial charge in [-0.2, -0.15) is 12.7 Å². The molecule has 20 heavy (non-hydrogen) atoms. The van der Waals surface area contributed by atoms with E-state index in [1.807, 2.05) is 13.0 Å². The van der Waals surface area contributed by atoms with E-state index < -0.39 is 10.2 Å². The van der Waals surface area contributed by atoms with E-state index in [4.69, 9.17) is 5.14 Å². The van der Waals surface area contributed by atoms with Crippen LogP contribution < -0.4 is 10.0 Å². The van der Waals surface area contributed by atoms with Crippen LogP contribution in [-0.4, -0.2) is 48.9 Å². The van der Waals surface area contributed by atoms with Crippen LogP contribution in [0.25, 0.3) is 0 Å². The molecule has 1 aromatic rings. The summed E-state index contributed by atoms with van der Waals surface area (Å²) >= 11 is 0. The molecule has 0 atom stereocenters. The van der Waals surface area contributed by atoms with Gasteiger partial charge in [0.2, 0.25) is 0 Å². The second kappa shape index (κ2) is 5.63. The van der Waals surface area contributed by atoms with Crippen molar-refractivity contribution in [3.8, 4) is 0 Å². The van der Waals surface area contributed by atoms with E-state index in [0.29, 0.717) is 26.2 Å². The molecule has 2 rings (SSSR count). The van der Waals surface area contributed by atoms with Gasteiger partial charge >= 0.3 is 0 Å². The highest BCUT2D eigenvalue weighted by Crippen LogP contribution is 2.18. The van der Waals surface area contributed by atoms with Gasteiger partial charge in [0, 0.05) is 43.9 Å². The molecule has 1 fully saturated rings. The molecule has 1 saturated heterocycles. The summed E-state index contributed by atoms with van der Waals surface area (Å²) in [5.41, 5.74) is 0.924. The van der Waals surface area contributed by atoms with Crippen LogP contribution in [0.1, 0.15) is 31.3 Å². The Morgan fingerprint density at radius 1 is 1.20 bits per heavy atom. The fourth-order valence-corrected chi connectivity index (χ4v) is 2.84. The molecule has 0 aromatic carbocycles. The monoisotopic (exact) mass is 299 g/mol. The maximum atomic E-state index is 11.3. The smallest absolute Gasteiger partial charge is 0.277 e. The lowest BCUT2D eigenvalue weighted by molar-refractivity contribution is 0.384. The number of nitrogens with two attached hydrogens (primary N) is 1. The van der Waals surface area contributed by atoms with Crippen LogP contribution in [0.3, 0.4) is 0 Å². The summed E-state index contributed by atoms with van der Waals surface area (Å²) in [4.78, 5) is 11.0. The summed E-state index contributed by atoms with van der Waals surface area (Å²) in [6.07, 6.45) is 0. The molecule has 1 aliphatic heterocycles. The minimum atomic E-state index is -3.59. The molecule has 8 heteroatoms. The van der Waals surface area contributed by atoms with Crippen molar-refractivity contribution in [2.24, 2.45) is 5.14 Å². The van der Waals surface area contributed by atoms with Crippen LogP contribution in [0, 0.1) is 6.92 Å². The van der Waals surface area contributed by atoms with Crippen LogP contribution in [0.2, 0.25) is 0 Å². The van der Waals surface area contributed by atoms with Gasteiger partial charge in [-0.15, -0.1) is 0 Å². The summed E-state index contributed by atoms with van der Waals surface area (Å²) < 4.78 is 23.9. The summed E-state index contributed by atoms with van der Waals surface area (Å²) in [7, 11) is -3.59. The molecule has 0 amide bonds. The highest BCUT2D eigenvalue weighted by molar-refractivity contribution is 7.86. The first kappa shape index (κ1) is 15.1. The number of hydrogen-bond acceptors (Lipinski definition) is 5. The molecule has 112 valence electrons. The van der Waals surface area contributed by atoms with Gasteiger partial charge in [0.1, 0.15) is 11.6 Å². The first-order valence-electron chi connectivity index (χ1n) is 6.66. The largest absolute Gasteiger partial charge is 0.354 e. The molecule has 0 aliphatic carbocycles. The molecule has 1 aromatic heterocycles. The number of hydrogen-bond donors (Lipinski definition) is 1. The number of aromatic nitrogens is 2. The van der Waals surface area contributed by atoms with Gasteiger partial charge in [-0.3, -0.25) is 0 Å². The zero-order chi connectivity index (χ0) is 14.9. The maximum absolute atomic E-state index is 11.3. The van der Waals surface area contributed by atoms with Gasteiger partial charge in [-0.05, 0) is 6.92 Å². The van der Waals surface area contributed by atoms with Gasteiger partial charge in [-0.25, -0.2) is 15.1 Å². The van der Waals surface area contributed by atoms with Crippen molar-refractivity contribution in [3.05, 3.63) is 17.6 Å². The maximum Gasteiger partial charge on any atom is 0.277 e. The van der Waals surface area contributed by atoms with Crippen molar-refractivity contribution in [3.63, 3.8) is 0 Å². The zero-order valence-electron chi connectivity index (χ0n) is 12.1. The Hall–Kier alpha value is -1.25. The van der Waals surface area contributed by atoms with Crippen LogP contribution in [-0.2, 0) is 10.2 Å². The SMILES string of the molecule is Cc1cc(N2CCN(S(N)(=O)=O)CC2)nc(C(C)C)n1. The number of anilines is 1. The Labute approximate surface area is 120 Å². The van der Waals surface area contributed by atoms with Crippen molar-refractivity contribution in [1.82, 2.24) is 14.3 Å². The van der Waals surface area contributed by atoms with E-state index in [1.165, 1.54) is 4.31 Å². The summed E-state index contributed by atoms with van der Waals surface area (Å²) in [6.45, 7) is 8.00. The predicted octanol–water partition coefficient (Wildman–Crippen LogP) is 0.234. The third-order valence-corrected chi connectivity index (χ3v) is 4.38. The molecule has 2 heterocycles. The molecule has 0 saturated carbocycles. The average molecular weight is 299 g/mol. The standard InChI is InChI=1S/C12H21N5O2S/c1-9(2)12-14-10(3)8-11(15-12)16-4-6-17(7-5-16)20(13,18)19/h8-9H,4-7H2,1-3H3,(H2,13,18,19). The van der Waals surface area contributed by atoms with Gasteiger partial charge < -0.3 is 4.90 Å². The van der Waals surface area contributed by atoms with E-state index in [2.05, 4.69) is 28.7 Å². The predicted molar refractivity (Wildman–Crippen MR) is 77.8 cm³/mol. The van der Waals surface area contributed by atoms with E-state index in [1.54, 1.807) is 0 Å². The highest BCUT2D eigenvalue weighted by Gasteiger charge is 2.25. The molecule has 0 unspecified atom stereocenters. The first-order valence-corrected chi connectivity index (χ1v) is 8.16. The van der Waals surface area contributed by atoms with Crippen molar-refractivity contribution in [1.29, 1.82) is 0 Å². The Balaban J connectivity index is 2.15.